The summed E-state index contributed by atoms with van der Waals surface area (Å²) < 4.78 is 0. The Kier molecular flexibility index (Phi) is 4.94. The van der Waals surface area contributed by atoms with Gasteiger partial charge in [0.1, 0.15) is 0 Å². The molecule has 134 valence electrons. The van der Waals surface area contributed by atoms with Crippen molar-refractivity contribution >= 4 is 34.1 Å². The molecule has 0 bridgehead atoms. The summed E-state index contributed by atoms with van der Waals surface area (Å²) in [5.74, 6) is 0. The van der Waals surface area contributed by atoms with Crippen LogP contribution in [0.1, 0.15) is 5.69 Å². The largest absolute Gasteiger partial charge is 0.325 e. The van der Waals surface area contributed by atoms with Crippen molar-refractivity contribution in [3.8, 4) is 11.1 Å². The molecule has 0 aliphatic carbocycles. The number of aromatic nitrogens is 3. The molecule has 0 atom stereocenters. The zero-order valence-corrected chi connectivity index (χ0v) is 15.7. The Bertz CT molecular complexity index is 1190. The summed E-state index contributed by atoms with van der Waals surface area (Å²) in [7, 11) is 0. The lowest BCUT2D eigenvalue weighted by atomic mass is 10.0. The van der Waals surface area contributed by atoms with Crippen molar-refractivity contribution in [1.82, 2.24) is 15.2 Å². The fourth-order valence-corrected chi connectivity index (χ4v) is 4.01. The number of fused-ring (bicyclic) bond motifs is 1. The van der Waals surface area contributed by atoms with Crippen molar-refractivity contribution in [3.63, 3.8) is 0 Å². The number of halogens is 1. The molecule has 2 aromatic heterocycles. The second-order valence-electron chi connectivity index (χ2n) is 5.93. The van der Waals surface area contributed by atoms with E-state index in [-0.39, 0.29) is 12.1 Å². The van der Waals surface area contributed by atoms with Crippen molar-refractivity contribution < 1.29 is 0 Å². The van der Waals surface area contributed by atoms with E-state index >= 15 is 0 Å². The SMILES string of the molecule is NCc1n[nH]c(=O)c2ccc(-c3cncc(Sc4cccc(Cl)c4)c3)cc12. The number of hydrogen-bond acceptors (Lipinski definition) is 5. The Morgan fingerprint density at radius 3 is 2.70 bits per heavy atom. The van der Waals surface area contributed by atoms with Gasteiger partial charge in [0.25, 0.3) is 5.56 Å². The van der Waals surface area contributed by atoms with Gasteiger partial charge in [-0.3, -0.25) is 9.78 Å². The van der Waals surface area contributed by atoms with Gasteiger partial charge in [0.2, 0.25) is 0 Å². The first kappa shape index (κ1) is 17.7. The van der Waals surface area contributed by atoms with Gasteiger partial charge in [0, 0.05) is 44.7 Å². The molecule has 0 fully saturated rings. The average Bonchev–Trinajstić information content (AvgIpc) is 2.68. The maximum Gasteiger partial charge on any atom is 0.272 e. The van der Waals surface area contributed by atoms with Crippen molar-refractivity contribution in [1.29, 1.82) is 0 Å². The molecule has 27 heavy (non-hydrogen) atoms. The predicted molar refractivity (Wildman–Crippen MR) is 109 cm³/mol. The molecule has 4 rings (SSSR count). The Morgan fingerprint density at radius 2 is 1.89 bits per heavy atom. The number of H-pyrrole nitrogens is 1. The zero-order chi connectivity index (χ0) is 18.8. The van der Waals surface area contributed by atoms with Crippen LogP contribution in [0.25, 0.3) is 21.9 Å². The van der Waals surface area contributed by atoms with E-state index in [0.29, 0.717) is 16.1 Å². The Labute approximate surface area is 164 Å². The number of nitrogens with zero attached hydrogens (tertiary/aromatic N) is 2. The van der Waals surface area contributed by atoms with Gasteiger partial charge in [-0.25, -0.2) is 5.10 Å². The minimum atomic E-state index is -0.225. The summed E-state index contributed by atoms with van der Waals surface area (Å²) in [5.41, 5.74) is 8.10. The van der Waals surface area contributed by atoms with Gasteiger partial charge in [-0.1, -0.05) is 35.5 Å². The van der Waals surface area contributed by atoms with E-state index in [9.17, 15) is 4.79 Å². The molecule has 0 spiro atoms. The van der Waals surface area contributed by atoms with E-state index < -0.39 is 0 Å². The number of pyridine rings is 1. The van der Waals surface area contributed by atoms with Crippen molar-refractivity contribution in [2.24, 2.45) is 5.73 Å². The molecule has 0 aliphatic rings. The molecule has 4 aromatic rings. The number of rotatable bonds is 4. The summed E-state index contributed by atoms with van der Waals surface area (Å²) in [6.45, 7) is 0.250. The van der Waals surface area contributed by atoms with Crippen LogP contribution in [0.4, 0.5) is 0 Å². The molecule has 0 saturated carbocycles. The van der Waals surface area contributed by atoms with Gasteiger partial charge in [-0.15, -0.1) is 0 Å². The highest BCUT2D eigenvalue weighted by Gasteiger charge is 2.09. The van der Waals surface area contributed by atoms with E-state index in [4.69, 9.17) is 17.3 Å². The van der Waals surface area contributed by atoms with E-state index in [1.54, 1.807) is 24.0 Å². The highest BCUT2D eigenvalue weighted by atomic mass is 35.5. The molecule has 0 aliphatic heterocycles. The molecule has 7 heteroatoms. The van der Waals surface area contributed by atoms with Crippen LogP contribution in [0.2, 0.25) is 5.02 Å². The first-order valence-electron chi connectivity index (χ1n) is 8.24. The summed E-state index contributed by atoms with van der Waals surface area (Å²) in [6.07, 6.45) is 3.61. The maximum absolute atomic E-state index is 12.0. The Hall–Kier alpha value is -2.67. The molecular weight excluding hydrogens is 380 g/mol. The quantitative estimate of drug-likeness (QED) is 0.540. The second kappa shape index (κ2) is 7.52. The van der Waals surface area contributed by atoms with Crippen molar-refractivity contribution in [3.05, 3.63) is 82.0 Å². The highest BCUT2D eigenvalue weighted by Crippen LogP contribution is 2.32. The third-order valence-corrected chi connectivity index (χ3v) is 5.32. The van der Waals surface area contributed by atoms with E-state index in [0.717, 1.165) is 26.3 Å². The molecule has 0 amide bonds. The highest BCUT2D eigenvalue weighted by molar-refractivity contribution is 7.99. The van der Waals surface area contributed by atoms with Crippen LogP contribution in [0.3, 0.4) is 0 Å². The third-order valence-electron chi connectivity index (χ3n) is 4.14. The normalized spacial score (nSPS) is 11.0. The smallest absolute Gasteiger partial charge is 0.272 e. The van der Waals surface area contributed by atoms with Gasteiger partial charge >= 0.3 is 0 Å². The van der Waals surface area contributed by atoms with Crippen LogP contribution in [-0.2, 0) is 6.54 Å². The van der Waals surface area contributed by atoms with Crippen LogP contribution in [0.15, 0.2) is 75.5 Å². The summed E-state index contributed by atoms with van der Waals surface area (Å²) in [4.78, 5) is 18.4. The molecule has 5 nitrogen and oxygen atoms in total. The topological polar surface area (TPSA) is 84.7 Å². The minimum Gasteiger partial charge on any atom is -0.325 e. The second-order valence-corrected chi connectivity index (χ2v) is 7.52. The van der Waals surface area contributed by atoms with Crippen LogP contribution in [-0.4, -0.2) is 15.2 Å². The predicted octanol–water partition coefficient (Wildman–Crippen LogP) is 4.25. The van der Waals surface area contributed by atoms with Gasteiger partial charge in [0.15, 0.2) is 0 Å². The van der Waals surface area contributed by atoms with Crippen LogP contribution in [0, 0.1) is 0 Å². The molecule has 0 saturated heterocycles. The number of benzene rings is 2. The Morgan fingerprint density at radius 1 is 1.00 bits per heavy atom. The van der Waals surface area contributed by atoms with Gasteiger partial charge in [0.05, 0.1) is 11.1 Å². The lowest BCUT2D eigenvalue weighted by Crippen LogP contribution is -2.13. The van der Waals surface area contributed by atoms with Gasteiger partial charge in [-0.05, 0) is 42.0 Å². The third kappa shape index (κ3) is 3.73. The zero-order valence-electron chi connectivity index (χ0n) is 14.1. The molecule has 2 aromatic carbocycles. The maximum atomic E-state index is 12.0. The first-order chi connectivity index (χ1) is 13.1. The van der Waals surface area contributed by atoms with Gasteiger partial charge in [-0.2, -0.15) is 5.10 Å². The minimum absolute atomic E-state index is 0.225. The summed E-state index contributed by atoms with van der Waals surface area (Å²) in [6, 6.07) is 15.4. The molecule has 3 N–H and O–H groups in total. The monoisotopic (exact) mass is 394 g/mol. The molecule has 0 radical (unpaired) electrons. The lowest BCUT2D eigenvalue weighted by Gasteiger charge is -2.08. The number of hydrogen-bond donors (Lipinski definition) is 2. The van der Waals surface area contributed by atoms with Crippen LogP contribution in [0.5, 0.6) is 0 Å². The standard InChI is InChI=1S/C20H15ClN4OS/c21-14-2-1-3-15(8-14)27-16-6-13(10-23-11-16)12-4-5-17-18(7-12)19(9-22)24-25-20(17)26/h1-8,10-11H,9,22H2,(H,25,26). The molecule has 2 heterocycles. The average molecular weight is 395 g/mol. The fourth-order valence-electron chi connectivity index (χ4n) is 2.85. The van der Waals surface area contributed by atoms with Gasteiger partial charge < -0.3 is 5.73 Å². The molecule has 0 unspecified atom stereocenters. The van der Waals surface area contributed by atoms with E-state index in [1.807, 2.05) is 42.6 Å². The van der Waals surface area contributed by atoms with E-state index in [1.165, 1.54) is 0 Å². The number of nitrogens with one attached hydrogen (secondary N) is 1. The first-order valence-corrected chi connectivity index (χ1v) is 9.44. The van der Waals surface area contributed by atoms with E-state index in [2.05, 4.69) is 21.2 Å². The number of aromatic amines is 1. The number of nitrogens with two attached hydrogens (primary N) is 1. The Balaban J connectivity index is 1.74. The van der Waals surface area contributed by atoms with Crippen molar-refractivity contribution in [2.45, 2.75) is 16.3 Å². The molecular formula is C20H15ClN4OS. The summed E-state index contributed by atoms with van der Waals surface area (Å²) in [5, 5.41) is 8.56. The van der Waals surface area contributed by atoms with Crippen LogP contribution >= 0.6 is 23.4 Å². The fraction of sp³-hybridized carbons (Fsp3) is 0.0500. The summed E-state index contributed by atoms with van der Waals surface area (Å²) >= 11 is 7.65. The van der Waals surface area contributed by atoms with Crippen LogP contribution < -0.4 is 11.3 Å². The van der Waals surface area contributed by atoms with Crippen molar-refractivity contribution in [2.75, 3.05) is 0 Å². The lowest BCUT2D eigenvalue weighted by molar-refractivity contribution is 0.900.